The van der Waals surface area contributed by atoms with E-state index in [2.05, 4.69) is 10.6 Å². The predicted molar refractivity (Wildman–Crippen MR) is 55.1 cm³/mol. The number of ether oxygens (including phenoxy) is 1. The molecule has 4 heteroatoms. The van der Waals surface area contributed by atoms with Crippen molar-refractivity contribution in [2.75, 3.05) is 26.8 Å². The van der Waals surface area contributed by atoms with Crippen LogP contribution in [0, 0.1) is 0 Å². The van der Waals surface area contributed by atoms with Crippen LogP contribution in [0.1, 0.15) is 26.2 Å². The van der Waals surface area contributed by atoms with Crippen molar-refractivity contribution in [1.29, 1.82) is 0 Å². The van der Waals surface area contributed by atoms with E-state index in [9.17, 15) is 4.79 Å². The van der Waals surface area contributed by atoms with Crippen LogP contribution in [0.2, 0.25) is 0 Å². The van der Waals surface area contributed by atoms with E-state index < -0.39 is 0 Å². The van der Waals surface area contributed by atoms with Crippen LogP contribution in [0.25, 0.3) is 0 Å². The normalized spacial score (nSPS) is 26.4. The number of hydrogen-bond acceptors (Lipinski definition) is 3. The molecule has 1 atom stereocenters. The van der Waals surface area contributed by atoms with Crippen molar-refractivity contribution in [1.82, 2.24) is 10.6 Å². The first-order chi connectivity index (χ1) is 6.66. The quantitative estimate of drug-likeness (QED) is 0.627. The van der Waals surface area contributed by atoms with Crippen LogP contribution in [-0.4, -0.2) is 38.3 Å². The van der Waals surface area contributed by atoms with E-state index in [4.69, 9.17) is 4.74 Å². The molecule has 0 radical (unpaired) electrons. The van der Waals surface area contributed by atoms with Gasteiger partial charge in [-0.3, -0.25) is 4.79 Å². The van der Waals surface area contributed by atoms with E-state index in [0.29, 0.717) is 13.0 Å². The molecule has 1 saturated heterocycles. The van der Waals surface area contributed by atoms with Crippen LogP contribution in [0.4, 0.5) is 0 Å². The maximum atomic E-state index is 11.5. The Labute approximate surface area is 85.4 Å². The molecule has 0 saturated carbocycles. The molecule has 0 spiro atoms. The molecule has 0 bridgehead atoms. The van der Waals surface area contributed by atoms with Gasteiger partial charge in [0.15, 0.2) is 0 Å². The summed E-state index contributed by atoms with van der Waals surface area (Å²) in [5.74, 6) is 0.133. The van der Waals surface area contributed by atoms with Crippen LogP contribution >= 0.6 is 0 Å². The van der Waals surface area contributed by atoms with Gasteiger partial charge < -0.3 is 15.4 Å². The molecule has 1 unspecified atom stereocenters. The summed E-state index contributed by atoms with van der Waals surface area (Å²) in [6.07, 6.45) is 2.40. The summed E-state index contributed by atoms with van der Waals surface area (Å²) in [5.41, 5.74) is -0.128. The third-order valence-electron chi connectivity index (χ3n) is 2.49. The molecule has 0 aromatic carbocycles. The summed E-state index contributed by atoms with van der Waals surface area (Å²) in [5, 5.41) is 6.04. The van der Waals surface area contributed by atoms with Gasteiger partial charge in [-0.2, -0.15) is 0 Å². The predicted octanol–water partition coefficient (Wildman–Crippen LogP) is 0.281. The lowest BCUT2D eigenvalue weighted by Gasteiger charge is -2.23. The van der Waals surface area contributed by atoms with Crippen LogP contribution in [0.5, 0.6) is 0 Å². The lowest BCUT2D eigenvalue weighted by atomic mass is 10.0. The van der Waals surface area contributed by atoms with Crippen molar-refractivity contribution in [3.05, 3.63) is 0 Å². The Hall–Kier alpha value is -0.610. The molecule has 1 aliphatic rings. The second-order valence-electron chi connectivity index (χ2n) is 4.12. The SMILES string of the molecule is CNCCCC(=O)NC1(C)CCOC1. The highest BCUT2D eigenvalue weighted by atomic mass is 16.5. The number of carbonyl (C=O) groups is 1. The molecule has 82 valence electrons. The minimum atomic E-state index is -0.128. The number of hydrogen-bond donors (Lipinski definition) is 2. The molecule has 4 nitrogen and oxygen atoms in total. The fourth-order valence-electron chi connectivity index (χ4n) is 1.59. The Morgan fingerprint density at radius 3 is 2.93 bits per heavy atom. The third-order valence-corrected chi connectivity index (χ3v) is 2.49. The first-order valence-electron chi connectivity index (χ1n) is 5.20. The summed E-state index contributed by atoms with van der Waals surface area (Å²) >= 11 is 0. The summed E-state index contributed by atoms with van der Waals surface area (Å²) in [4.78, 5) is 11.5. The Kier molecular flexibility index (Phi) is 4.35. The van der Waals surface area contributed by atoms with Crippen molar-refractivity contribution < 1.29 is 9.53 Å². The third kappa shape index (κ3) is 3.64. The maximum Gasteiger partial charge on any atom is 0.220 e. The van der Waals surface area contributed by atoms with Crippen LogP contribution < -0.4 is 10.6 Å². The van der Waals surface area contributed by atoms with Gasteiger partial charge in [-0.15, -0.1) is 0 Å². The first kappa shape index (κ1) is 11.5. The van der Waals surface area contributed by atoms with Crippen molar-refractivity contribution >= 4 is 5.91 Å². The number of amides is 1. The molecule has 0 aliphatic carbocycles. The smallest absolute Gasteiger partial charge is 0.220 e. The van der Waals surface area contributed by atoms with Gasteiger partial charge in [0.05, 0.1) is 12.1 Å². The summed E-state index contributed by atoms with van der Waals surface area (Å²) in [6.45, 7) is 4.33. The zero-order valence-corrected chi connectivity index (χ0v) is 9.06. The van der Waals surface area contributed by atoms with E-state index in [-0.39, 0.29) is 11.4 Å². The van der Waals surface area contributed by atoms with Gasteiger partial charge in [0.25, 0.3) is 0 Å². The average Bonchev–Trinajstić information content (AvgIpc) is 2.52. The van der Waals surface area contributed by atoms with E-state index in [1.165, 1.54) is 0 Å². The molecule has 1 aliphatic heterocycles. The molecule has 14 heavy (non-hydrogen) atoms. The lowest BCUT2D eigenvalue weighted by molar-refractivity contribution is -0.122. The van der Waals surface area contributed by atoms with Crippen molar-refractivity contribution in [2.24, 2.45) is 0 Å². The van der Waals surface area contributed by atoms with Crippen LogP contribution in [-0.2, 0) is 9.53 Å². The van der Waals surface area contributed by atoms with Crippen LogP contribution in [0.15, 0.2) is 0 Å². The van der Waals surface area contributed by atoms with Gasteiger partial charge in [0, 0.05) is 13.0 Å². The first-order valence-corrected chi connectivity index (χ1v) is 5.20. The monoisotopic (exact) mass is 200 g/mol. The molecule has 1 fully saturated rings. The van der Waals surface area contributed by atoms with E-state index in [0.717, 1.165) is 26.0 Å². The van der Waals surface area contributed by atoms with Gasteiger partial charge in [0.1, 0.15) is 0 Å². The molecule has 1 heterocycles. The second-order valence-corrected chi connectivity index (χ2v) is 4.12. The molecule has 0 aromatic rings. The standard InChI is InChI=1S/C10H20N2O2/c1-10(5-7-14-8-10)12-9(13)4-3-6-11-2/h11H,3-8H2,1-2H3,(H,12,13). The molecular weight excluding hydrogens is 180 g/mol. The minimum Gasteiger partial charge on any atom is -0.379 e. The lowest BCUT2D eigenvalue weighted by Crippen LogP contribution is -2.46. The maximum absolute atomic E-state index is 11.5. The minimum absolute atomic E-state index is 0.128. The Morgan fingerprint density at radius 1 is 1.57 bits per heavy atom. The van der Waals surface area contributed by atoms with Gasteiger partial charge in [-0.25, -0.2) is 0 Å². The fraction of sp³-hybridized carbons (Fsp3) is 0.900. The van der Waals surface area contributed by atoms with Crippen LogP contribution in [0.3, 0.4) is 0 Å². The zero-order chi connectivity index (χ0) is 10.4. The number of nitrogens with one attached hydrogen (secondary N) is 2. The van der Waals surface area contributed by atoms with Gasteiger partial charge in [0.2, 0.25) is 5.91 Å². The highest BCUT2D eigenvalue weighted by Gasteiger charge is 2.30. The molecule has 1 amide bonds. The summed E-state index contributed by atoms with van der Waals surface area (Å²) < 4.78 is 5.26. The van der Waals surface area contributed by atoms with Crippen molar-refractivity contribution in [3.63, 3.8) is 0 Å². The van der Waals surface area contributed by atoms with E-state index in [1.54, 1.807) is 0 Å². The highest BCUT2D eigenvalue weighted by molar-refractivity contribution is 5.76. The Bertz CT molecular complexity index is 189. The van der Waals surface area contributed by atoms with Gasteiger partial charge >= 0.3 is 0 Å². The van der Waals surface area contributed by atoms with E-state index in [1.807, 2.05) is 14.0 Å². The summed E-state index contributed by atoms with van der Waals surface area (Å²) in [7, 11) is 1.89. The molecular formula is C10H20N2O2. The Morgan fingerprint density at radius 2 is 2.36 bits per heavy atom. The Balaban J connectivity index is 2.19. The molecule has 1 rings (SSSR count). The number of carbonyl (C=O) groups excluding carboxylic acids is 1. The van der Waals surface area contributed by atoms with Crippen molar-refractivity contribution in [2.45, 2.75) is 31.7 Å². The number of rotatable bonds is 5. The van der Waals surface area contributed by atoms with E-state index >= 15 is 0 Å². The highest BCUT2D eigenvalue weighted by Crippen LogP contribution is 2.17. The largest absolute Gasteiger partial charge is 0.379 e. The fourth-order valence-corrected chi connectivity index (χ4v) is 1.59. The average molecular weight is 200 g/mol. The van der Waals surface area contributed by atoms with Crippen molar-refractivity contribution in [3.8, 4) is 0 Å². The zero-order valence-electron chi connectivity index (χ0n) is 9.06. The molecule has 0 aromatic heterocycles. The summed E-state index contributed by atoms with van der Waals surface area (Å²) in [6, 6.07) is 0. The van der Waals surface area contributed by atoms with Gasteiger partial charge in [-0.05, 0) is 33.4 Å². The molecule has 2 N–H and O–H groups in total. The topological polar surface area (TPSA) is 50.4 Å². The second kappa shape index (κ2) is 5.32. The van der Waals surface area contributed by atoms with Gasteiger partial charge in [-0.1, -0.05) is 0 Å².